The van der Waals surface area contributed by atoms with Crippen LogP contribution in [-0.4, -0.2) is 104 Å². The minimum absolute atomic E-state index is 0.224. The first-order valence-corrected chi connectivity index (χ1v) is 11.4. The van der Waals surface area contributed by atoms with Crippen LogP contribution in [0.1, 0.15) is 27.7 Å². The maximum absolute atomic E-state index is 11.8. The molecule has 0 N–H and O–H groups in total. The van der Waals surface area contributed by atoms with Gasteiger partial charge in [-0.25, -0.2) is 0 Å². The third-order valence-electron chi connectivity index (χ3n) is 4.74. The summed E-state index contributed by atoms with van der Waals surface area (Å²) in [5.74, 6) is -1.81. The van der Waals surface area contributed by atoms with Gasteiger partial charge < -0.3 is 28.4 Å². The Morgan fingerprint density at radius 2 is 1.41 bits per heavy atom. The van der Waals surface area contributed by atoms with Crippen LogP contribution >= 0.6 is 11.8 Å². The van der Waals surface area contributed by atoms with Crippen LogP contribution in [-0.2, 0) is 47.6 Å². The van der Waals surface area contributed by atoms with Crippen molar-refractivity contribution in [2.45, 2.75) is 57.5 Å². The van der Waals surface area contributed by atoms with E-state index in [-0.39, 0.29) is 6.61 Å². The highest BCUT2D eigenvalue weighted by Crippen LogP contribution is 2.34. The summed E-state index contributed by atoms with van der Waals surface area (Å²) >= 11 is 1.38. The largest absolute Gasteiger partial charge is 0.463 e. The molecule has 12 heteroatoms. The van der Waals surface area contributed by atoms with E-state index in [1.165, 1.54) is 39.5 Å². The van der Waals surface area contributed by atoms with Crippen molar-refractivity contribution in [3.8, 4) is 0 Å². The first-order valence-electron chi connectivity index (χ1n) is 10.4. The molecular weight excluding hydrogens is 446 g/mol. The summed E-state index contributed by atoms with van der Waals surface area (Å²) in [6.45, 7) is 8.37. The number of morpholine rings is 1. The first kappa shape index (κ1) is 26.4. The molecule has 32 heavy (non-hydrogen) atoms. The monoisotopic (exact) mass is 477 g/mol. The minimum atomic E-state index is -1.13. The van der Waals surface area contributed by atoms with E-state index < -0.39 is 53.7 Å². The highest BCUT2D eigenvalue weighted by atomic mass is 32.2. The lowest BCUT2D eigenvalue weighted by Crippen LogP contribution is -2.61. The summed E-state index contributed by atoms with van der Waals surface area (Å²) in [4.78, 5) is 48.9. The van der Waals surface area contributed by atoms with E-state index in [9.17, 15) is 19.2 Å². The number of ether oxygens (including phenoxy) is 6. The third kappa shape index (κ3) is 8.57. The zero-order chi connectivity index (χ0) is 23.7. The van der Waals surface area contributed by atoms with Crippen molar-refractivity contribution in [1.82, 2.24) is 4.90 Å². The zero-order valence-corrected chi connectivity index (χ0v) is 19.6. The van der Waals surface area contributed by atoms with Crippen LogP contribution in [0.25, 0.3) is 0 Å². The molecule has 2 rings (SSSR count). The van der Waals surface area contributed by atoms with E-state index in [0.29, 0.717) is 19.0 Å². The standard InChI is InChI=1S/C20H31NO10S/c1-12(22)27-11-16-17(28-13(2)23)18(29-14(3)24)19(30-15(4)25)20(31-16)32-10-7-21-5-8-26-9-6-21/h16-20H,5-11H2,1-4H3. The second-order valence-electron chi connectivity index (χ2n) is 7.39. The molecule has 0 aromatic carbocycles. The van der Waals surface area contributed by atoms with E-state index in [2.05, 4.69) is 4.90 Å². The van der Waals surface area contributed by atoms with Crippen LogP contribution in [0.4, 0.5) is 0 Å². The molecule has 0 aliphatic carbocycles. The quantitative estimate of drug-likeness (QED) is 0.331. The smallest absolute Gasteiger partial charge is 0.303 e. The molecule has 0 radical (unpaired) electrons. The molecule has 0 amide bonds. The number of rotatable bonds is 9. The van der Waals surface area contributed by atoms with Crippen molar-refractivity contribution in [3.63, 3.8) is 0 Å². The fraction of sp³-hybridized carbons (Fsp3) is 0.800. The average Bonchev–Trinajstić information content (AvgIpc) is 2.70. The predicted octanol–water partition coefficient (Wildman–Crippen LogP) is 0.135. The molecule has 2 saturated heterocycles. The van der Waals surface area contributed by atoms with Crippen molar-refractivity contribution < 1.29 is 47.6 Å². The molecule has 2 fully saturated rings. The summed E-state index contributed by atoms with van der Waals surface area (Å²) in [5, 5.41) is 0. The Labute approximate surface area is 191 Å². The van der Waals surface area contributed by atoms with Gasteiger partial charge in [-0.3, -0.25) is 24.1 Å². The number of nitrogens with zero attached hydrogens (tertiary/aromatic N) is 1. The Morgan fingerprint density at radius 1 is 0.844 bits per heavy atom. The summed E-state index contributed by atoms with van der Waals surface area (Å²) in [7, 11) is 0. The van der Waals surface area contributed by atoms with Crippen molar-refractivity contribution in [1.29, 1.82) is 0 Å². The molecule has 0 aromatic heterocycles. The van der Waals surface area contributed by atoms with Crippen LogP contribution < -0.4 is 0 Å². The molecular formula is C20H31NO10S. The van der Waals surface area contributed by atoms with Gasteiger partial charge >= 0.3 is 23.9 Å². The van der Waals surface area contributed by atoms with Crippen molar-refractivity contribution >= 4 is 35.6 Å². The maximum atomic E-state index is 11.8. The number of carbonyl (C=O) groups is 4. The third-order valence-corrected chi connectivity index (χ3v) is 5.87. The lowest BCUT2D eigenvalue weighted by Gasteiger charge is -2.44. The van der Waals surface area contributed by atoms with Crippen LogP contribution in [0.2, 0.25) is 0 Å². The zero-order valence-electron chi connectivity index (χ0n) is 18.8. The van der Waals surface area contributed by atoms with Crippen molar-refractivity contribution in [2.75, 3.05) is 45.2 Å². The fourth-order valence-electron chi connectivity index (χ4n) is 3.45. The topological polar surface area (TPSA) is 127 Å². The van der Waals surface area contributed by atoms with Crippen LogP contribution in [0.5, 0.6) is 0 Å². The number of hydrogen-bond donors (Lipinski definition) is 0. The summed E-state index contributed by atoms with van der Waals surface area (Å²) in [6, 6.07) is 0. The Bertz CT molecular complexity index is 669. The average molecular weight is 478 g/mol. The predicted molar refractivity (Wildman–Crippen MR) is 112 cm³/mol. The lowest BCUT2D eigenvalue weighted by molar-refractivity contribution is -0.237. The van der Waals surface area contributed by atoms with E-state index >= 15 is 0 Å². The molecule has 182 valence electrons. The van der Waals surface area contributed by atoms with Crippen molar-refractivity contribution in [2.24, 2.45) is 0 Å². The Hall–Kier alpha value is -1.89. The second kappa shape index (κ2) is 13.0. The second-order valence-corrected chi connectivity index (χ2v) is 8.60. The SMILES string of the molecule is CC(=O)OCC1OC(SCCN2CCOCC2)C(OC(C)=O)C(OC(C)=O)C1OC(C)=O. The van der Waals surface area contributed by atoms with Gasteiger partial charge in [0.1, 0.15) is 18.1 Å². The van der Waals surface area contributed by atoms with Gasteiger partial charge in [0.25, 0.3) is 0 Å². The van der Waals surface area contributed by atoms with Gasteiger partial charge in [-0.1, -0.05) is 0 Å². The first-order chi connectivity index (χ1) is 15.2. The van der Waals surface area contributed by atoms with Gasteiger partial charge in [-0.2, -0.15) is 0 Å². The van der Waals surface area contributed by atoms with E-state index in [4.69, 9.17) is 28.4 Å². The maximum Gasteiger partial charge on any atom is 0.303 e. The van der Waals surface area contributed by atoms with Gasteiger partial charge in [0, 0.05) is 53.1 Å². The van der Waals surface area contributed by atoms with Gasteiger partial charge in [0.2, 0.25) is 0 Å². The van der Waals surface area contributed by atoms with Crippen LogP contribution in [0.15, 0.2) is 0 Å². The highest BCUT2D eigenvalue weighted by Gasteiger charge is 2.52. The van der Waals surface area contributed by atoms with Crippen LogP contribution in [0.3, 0.4) is 0 Å². The highest BCUT2D eigenvalue weighted by molar-refractivity contribution is 7.99. The normalized spacial score (nSPS) is 28.4. The molecule has 0 aromatic rings. The summed E-state index contributed by atoms with van der Waals surface area (Å²) in [5.41, 5.74) is -0.739. The minimum Gasteiger partial charge on any atom is -0.463 e. The molecule has 5 unspecified atom stereocenters. The molecule has 2 aliphatic rings. The Balaban J connectivity index is 2.22. The van der Waals surface area contributed by atoms with E-state index in [1.807, 2.05) is 0 Å². The molecule has 2 aliphatic heterocycles. The molecule has 0 spiro atoms. The molecule has 0 saturated carbocycles. The van der Waals surface area contributed by atoms with E-state index in [0.717, 1.165) is 19.6 Å². The summed E-state index contributed by atoms with van der Waals surface area (Å²) < 4.78 is 32.7. The van der Waals surface area contributed by atoms with Gasteiger partial charge in [-0.05, 0) is 0 Å². The lowest BCUT2D eigenvalue weighted by atomic mass is 9.99. The number of carbonyl (C=O) groups excluding carboxylic acids is 4. The van der Waals surface area contributed by atoms with Crippen molar-refractivity contribution in [3.05, 3.63) is 0 Å². The van der Waals surface area contributed by atoms with Gasteiger partial charge in [0.15, 0.2) is 18.3 Å². The summed E-state index contributed by atoms with van der Waals surface area (Å²) in [6.07, 6.45) is -4.20. The molecule has 2 heterocycles. The van der Waals surface area contributed by atoms with Gasteiger partial charge in [0.05, 0.1) is 13.2 Å². The number of esters is 4. The van der Waals surface area contributed by atoms with E-state index in [1.54, 1.807) is 0 Å². The Kier molecular flexibility index (Phi) is 10.7. The molecule has 11 nitrogen and oxygen atoms in total. The fourth-order valence-corrected chi connectivity index (χ4v) is 4.66. The van der Waals surface area contributed by atoms with Crippen LogP contribution in [0, 0.1) is 0 Å². The van der Waals surface area contributed by atoms with Gasteiger partial charge in [-0.15, -0.1) is 11.8 Å². The molecule has 0 bridgehead atoms. The Morgan fingerprint density at radius 3 is 1.97 bits per heavy atom. The molecule has 5 atom stereocenters. The number of thioether (sulfide) groups is 1. The number of hydrogen-bond acceptors (Lipinski definition) is 12.